The first-order valence-electron chi connectivity index (χ1n) is 23.4. The van der Waals surface area contributed by atoms with Crippen LogP contribution in [0.3, 0.4) is 0 Å². The van der Waals surface area contributed by atoms with Crippen LogP contribution in [0.1, 0.15) is 90.6 Å². The van der Waals surface area contributed by atoms with Crippen molar-refractivity contribution in [2.24, 2.45) is 5.73 Å². The number of piperidine rings is 2. The number of nitrogens with two attached hydrogens (primary N) is 1. The molecule has 1 aromatic heterocycles. The highest BCUT2D eigenvalue weighted by molar-refractivity contribution is 7.99. The van der Waals surface area contributed by atoms with Gasteiger partial charge in [-0.15, -0.1) is 0 Å². The summed E-state index contributed by atoms with van der Waals surface area (Å²) in [4.78, 5) is 80.7. The molecule has 67 heavy (non-hydrogen) atoms. The maximum atomic E-state index is 13.4. The molecule has 4 aliphatic heterocycles. The number of amides is 7. The molecule has 4 fully saturated rings. The molecule has 0 saturated carbocycles. The third-order valence-electron chi connectivity index (χ3n) is 11.7. The van der Waals surface area contributed by atoms with Crippen molar-refractivity contribution in [2.45, 2.75) is 82.3 Å². The lowest BCUT2D eigenvalue weighted by molar-refractivity contribution is -0.127. The number of carbonyl (C=O) groups is 6. The minimum Gasteiger partial charge on any atom is -0.379 e. The minimum atomic E-state index is -0.612. The second-order valence-electron chi connectivity index (χ2n) is 16.7. The third-order valence-corrected chi connectivity index (χ3v) is 12.9. The summed E-state index contributed by atoms with van der Waals surface area (Å²) < 4.78 is 22.0. The zero-order valence-electron chi connectivity index (χ0n) is 38.7. The Kier molecular flexibility index (Phi) is 22.6. The van der Waals surface area contributed by atoms with E-state index < -0.39 is 5.91 Å². The zero-order valence-corrected chi connectivity index (χ0v) is 39.5. The normalized spacial score (nSPS) is 19.0. The summed E-state index contributed by atoms with van der Waals surface area (Å²) in [5, 5.41) is 14.7. The summed E-state index contributed by atoms with van der Waals surface area (Å²) in [6.07, 6.45) is 6.99. The summed E-state index contributed by atoms with van der Waals surface area (Å²) in [6, 6.07) is 11.1. The van der Waals surface area contributed by atoms with Gasteiger partial charge in [0.1, 0.15) is 5.82 Å². The van der Waals surface area contributed by atoms with Crippen molar-refractivity contribution in [1.82, 2.24) is 36.1 Å². The Morgan fingerprint density at radius 1 is 0.821 bits per heavy atom. The number of pyridine rings is 1. The molecule has 1 aromatic carbocycles. The lowest BCUT2D eigenvalue weighted by atomic mass is 9.92. The van der Waals surface area contributed by atoms with Crippen LogP contribution in [0.5, 0.6) is 0 Å². The molecule has 2 aromatic rings. The molecule has 5 heterocycles. The Balaban J connectivity index is 0.000000822. The highest BCUT2D eigenvalue weighted by Gasteiger charge is 2.35. The predicted octanol–water partition coefficient (Wildman–Crippen LogP) is 3.08. The first kappa shape index (κ1) is 52.7. The molecule has 6 rings (SSSR count). The van der Waals surface area contributed by atoms with Gasteiger partial charge in [0.15, 0.2) is 0 Å². The van der Waals surface area contributed by atoms with E-state index in [0.717, 1.165) is 55.7 Å². The van der Waals surface area contributed by atoms with Crippen molar-refractivity contribution < 1.29 is 47.7 Å². The number of likely N-dealkylation sites (tertiary alicyclic amines) is 2. The number of ether oxygens (including phenoxy) is 4. The lowest BCUT2D eigenvalue weighted by Gasteiger charge is -2.33. The van der Waals surface area contributed by atoms with Crippen molar-refractivity contribution in [3.8, 4) is 0 Å². The Bertz CT molecular complexity index is 1920. The maximum absolute atomic E-state index is 13.4. The number of carbonyl (C=O) groups excluding carboxylic acids is 6. The quantitative estimate of drug-likeness (QED) is 0.0477. The molecular formula is C47H69N9O10S. The SMILES string of the molecule is C=CC(=O)N1CCC(c2ccc(C(N)=O)c(Nc3ccc(C(=O)N4CCCC(NC(=O)CCOCCOCCOCCOCCNC(=O)CCCC)C4)cc3)n2)CC1.O=C1NC2CSCC2N1. The van der Waals surface area contributed by atoms with E-state index in [0.29, 0.717) is 115 Å². The molecule has 20 heteroatoms. The maximum Gasteiger partial charge on any atom is 0.315 e. The Morgan fingerprint density at radius 3 is 2.09 bits per heavy atom. The van der Waals surface area contributed by atoms with Crippen LogP contribution in [0.25, 0.3) is 0 Å². The van der Waals surface area contributed by atoms with E-state index in [4.69, 9.17) is 29.7 Å². The molecule has 3 atom stereocenters. The molecule has 19 nitrogen and oxygen atoms in total. The van der Waals surface area contributed by atoms with Gasteiger partial charge in [-0.25, -0.2) is 9.78 Å². The van der Waals surface area contributed by atoms with Gasteiger partial charge in [0, 0.05) is 86.0 Å². The van der Waals surface area contributed by atoms with Crippen molar-refractivity contribution in [3.63, 3.8) is 0 Å². The number of thioether (sulfide) groups is 1. The molecule has 0 aliphatic carbocycles. The van der Waals surface area contributed by atoms with E-state index in [9.17, 15) is 28.8 Å². The van der Waals surface area contributed by atoms with Crippen molar-refractivity contribution >= 4 is 58.8 Å². The number of benzene rings is 1. The van der Waals surface area contributed by atoms with Gasteiger partial charge in [0.2, 0.25) is 17.7 Å². The fourth-order valence-electron chi connectivity index (χ4n) is 7.95. The molecule has 0 spiro atoms. The van der Waals surface area contributed by atoms with Crippen LogP contribution in [0.15, 0.2) is 49.1 Å². The summed E-state index contributed by atoms with van der Waals surface area (Å²) in [5.74, 6) is 1.69. The zero-order chi connectivity index (χ0) is 47.8. The number of anilines is 2. The number of unbranched alkanes of at least 4 members (excludes halogenated alkanes) is 1. The fourth-order valence-corrected chi connectivity index (χ4v) is 9.22. The molecule has 7 N–H and O–H groups in total. The number of nitrogens with one attached hydrogen (secondary N) is 5. The van der Waals surface area contributed by atoms with Crippen LogP contribution in [0.4, 0.5) is 16.3 Å². The molecule has 7 amide bonds. The number of urea groups is 1. The minimum absolute atomic E-state index is 0.00491. The van der Waals surface area contributed by atoms with Crippen LogP contribution in [0, 0.1) is 0 Å². The van der Waals surface area contributed by atoms with Gasteiger partial charge in [-0.2, -0.15) is 11.8 Å². The first-order chi connectivity index (χ1) is 32.5. The van der Waals surface area contributed by atoms with E-state index in [1.807, 2.05) is 17.8 Å². The van der Waals surface area contributed by atoms with Crippen LogP contribution < -0.4 is 32.3 Å². The lowest BCUT2D eigenvalue weighted by Crippen LogP contribution is -2.49. The van der Waals surface area contributed by atoms with Gasteiger partial charge in [-0.05, 0) is 74.6 Å². The highest BCUT2D eigenvalue weighted by Crippen LogP contribution is 2.30. The number of primary amides is 1. The van der Waals surface area contributed by atoms with E-state index in [-0.39, 0.29) is 60.2 Å². The van der Waals surface area contributed by atoms with E-state index in [1.54, 1.807) is 40.1 Å². The Hall–Kier alpha value is -5.28. The Morgan fingerprint density at radius 2 is 1.46 bits per heavy atom. The van der Waals surface area contributed by atoms with Crippen molar-refractivity contribution in [2.75, 3.05) is 102 Å². The second kappa shape index (κ2) is 28.8. The van der Waals surface area contributed by atoms with Gasteiger partial charge in [-0.3, -0.25) is 24.0 Å². The Labute approximate surface area is 397 Å². The molecule has 0 bridgehead atoms. The number of hydrogen-bond donors (Lipinski definition) is 6. The fraction of sp³-hybridized carbons (Fsp3) is 0.596. The summed E-state index contributed by atoms with van der Waals surface area (Å²) in [7, 11) is 0. The van der Waals surface area contributed by atoms with E-state index >= 15 is 0 Å². The van der Waals surface area contributed by atoms with Crippen molar-refractivity contribution in [3.05, 3.63) is 65.9 Å². The number of nitrogens with zero attached hydrogens (tertiary/aromatic N) is 3. The first-order valence-corrected chi connectivity index (χ1v) is 24.6. The van der Waals surface area contributed by atoms with Crippen LogP contribution in [0.2, 0.25) is 0 Å². The van der Waals surface area contributed by atoms with Gasteiger partial charge in [-0.1, -0.05) is 19.9 Å². The molecular weight excluding hydrogens is 883 g/mol. The summed E-state index contributed by atoms with van der Waals surface area (Å²) in [5.41, 5.74) is 7.86. The molecule has 368 valence electrons. The highest BCUT2D eigenvalue weighted by atomic mass is 32.2. The topological polar surface area (TPSA) is 245 Å². The largest absolute Gasteiger partial charge is 0.379 e. The summed E-state index contributed by atoms with van der Waals surface area (Å²) >= 11 is 1.89. The average molecular weight is 952 g/mol. The van der Waals surface area contributed by atoms with Gasteiger partial charge in [0.25, 0.3) is 11.8 Å². The van der Waals surface area contributed by atoms with Gasteiger partial charge >= 0.3 is 6.03 Å². The van der Waals surface area contributed by atoms with Crippen LogP contribution in [-0.4, -0.2) is 166 Å². The molecule has 4 saturated heterocycles. The summed E-state index contributed by atoms with van der Waals surface area (Å²) in [6.45, 7) is 11.5. The van der Waals surface area contributed by atoms with Crippen molar-refractivity contribution in [1.29, 1.82) is 0 Å². The monoisotopic (exact) mass is 951 g/mol. The van der Waals surface area contributed by atoms with E-state index in [1.165, 1.54) is 6.08 Å². The smallest absolute Gasteiger partial charge is 0.315 e. The second-order valence-corrected chi connectivity index (χ2v) is 17.8. The van der Waals surface area contributed by atoms with Crippen LogP contribution in [-0.2, 0) is 33.3 Å². The molecule has 0 radical (unpaired) electrons. The number of fused-ring (bicyclic) bond motifs is 1. The van der Waals surface area contributed by atoms with E-state index in [2.05, 4.69) is 40.1 Å². The van der Waals surface area contributed by atoms with Gasteiger partial charge in [0.05, 0.1) is 70.5 Å². The molecule has 4 aliphatic rings. The van der Waals surface area contributed by atoms with Crippen LogP contribution >= 0.6 is 11.8 Å². The van der Waals surface area contributed by atoms with Gasteiger partial charge < -0.3 is 61.1 Å². The average Bonchev–Trinajstić information content (AvgIpc) is 3.93. The third kappa shape index (κ3) is 18.0. The predicted molar refractivity (Wildman–Crippen MR) is 255 cm³/mol. The number of rotatable bonds is 25. The number of aromatic nitrogens is 1. The standard InChI is InChI=1S/C42H61N7O9.C5H8N2OS/c1-3-5-8-37(50)44-18-23-56-25-27-58-29-28-57-26-24-55-22-17-38(51)45-34-7-6-19-49(30-34)42(54)32-9-11-33(12-10-32)46-41-35(40(43)53)13-14-36(47-41)31-15-20-48(21-16-31)39(52)4-2;8-5-6-3-1-9-2-4(3)7-5/h4,9-14,31,34H,2-3,5-8,15-30H2,1H3,(H2,43,53)(H,44,50)(H,45,51)(H,46,47);3-4H,1-2H2,(H2,6,7,8). The number of hydrogen-bond acceptors (Lipinski definition) is 13. The molecule has 3 unspecified atom stereocenters.